The third-order valence-electron chi connectivity index (χ3n) is 7.41. The quantitative estimate of drug-likeness (QED) is 0.0266. The third kappa shape index (κ3) is 20.0. The van der Waals surface area contributed by atoms with Crippen LogP contribution in [0.15, 0.2) is 0 Å². The van der Waals surface area contributed by atoms with Gasteiger partial charge in [0.05, 0.1) is 0 Å². The van der Waals surface area contributed by atoms with Crippen molar-refractivity contribution in [1.29, 1.82) is 0 Å². The van der Waals surface area contributed by atoms with Crippen molar-refractivity contribution in [2.75, 3.05) is 6.54 Å². The molecule has 2 saturated heterocycles. The molecule has 0 aliphatic carbocycles. The summed E-state index contributed by atoms with van der Waals surface area (Å²) < 4.78 is 0.162. The van der Waals surface area contributed by atoms with Crippen LogP contribution in [0.5, 0.6) is 0 Å². The maximum absolute atomic E-state index is 12.3. The van der Waals surface area contributed by atoms with Gasteiger partial charge in [-0.25, -0.2) is 4.79 Å². The second kappa shape index (κ2) is 24.5. The van der Waals surface area contributed by atoms with Crippen molar-refractivity contribution < 1.29 is 39.3 Å². The van der Waals surface area contributed by atoms with E-state index >= 15 is 0 Å². The van der Waals surface area contributed by atoms with Crippen molar-refractivity contribution in [3.8, 4) is 0 Å². The lowest BCUT2D eigenvalue weighted by Gasteiger charge is -2.27. The molecule has 2 rings (SSSR count). The Balaban J connectivity index is 1.44. The van der Waals surface area contributed by atoms with Crippen LogP contribution in [0.3, 0.4) is 0 Å². The van der Waals surface area contributed by atoms with Gasteiger partial charge in [0.1, 0.15) is 16.8 Å². The summed E-state index contributed by atoms with van der Waals surface area (Å²) in [6.45, 7) is 0.376. The van der Waals surface area contributed by atoms with E-state index in [2.05, 4.69) is 16.0 Å². The lowest BCUT2D eigenvalue weighted by Crippen LogP contribution is -2.41. The van der Waals surface area contributed by atoms with Gasteiger partial charge in [0.25, 0.3) is 0 Å². The smallest absolute Gasteiger partial charge is 0.326 e. The van der Waals surface area contributed by atoms with Crippen molar-refractivity contribution in [2.24, 2.45) is 0 Å². The number of carboxylic acid groups (broad SMARTS) is 3. The lowest BCUT2D eigenvalue weighted by molar-refractivity contribution is -0.142. The zero-order valence-electron chi connectivity index (χ0n) is 26.2. The number of hydrogen-bond donors (Lipinski definition) is 6. The van der Waals surface area contributed by atoms with Gasteiger partial charge in [0.15, 0.2) is 2.74 Å². The van der Waals surface area contributed by atoms with Gasteiger partial charge < -0.3 is 26.0 Å². The van der Waals surface area contributed by atoms with Crippen LogP contribution in [0.1, 0.15) is 122 Å². The van der Waals surface area contributed by atoms with Gasteiger partial charge in [0.2, 0.25) is 11.8 Å². The number of unbranched alkanes of at least 4 members (excludes halogenated alkanes) is 12. The summed E-state index contributed by atoms with van der Waals surface area (Å²) in [5, 5.41) is 36.2. The molecule has 2 amide bonds. The Morgan fingerprint density at radius 2 is 1.09 bits per heavy atom. The van der Waals surface area contributed by atoms with E-state index in [0.29, 0.717) is 32.2 Å². The Hall–Kier alpha value is -0.590. The molecule has 1 unspecified atom stereocenters. The first kappa shape index (κ1) is 41.6. The molecule has 2 aliphatic rings. The fourth-order valence-corrected chi connectivity index (χ4v) is 17.7. The molecule has 2 aliphatic heterocycles. The summed E-state index contributed by atoms with van der Waals surface area (Å²) >= 11 is 0. The van der Waals surface area contributed by atoms with Crippen molar-refractivity contribution in [2.45, 2.75) is 142 Å². The van der Waals surface area contributed by atoms with Gasteiger partial charge in [-0.05, 0) is 81.7 Å². The average Bonchev–Trinajstić information content (AvgIpc) is 3.77. The summed E-state index contributed by atoms with van der Waals surface area (Å²) in [7, 11) is 10.5. The SMILES string of the molecule is O=C(O)CCCCCCCCCCCCCCC(=O)NC(CCC(=O)NCCCC[C@H](NC1SSC2(SS1)SS2)C(=O)O)C(=O)O. The molecule has 0 aromatic carbocycles. The monoisotopic (exact) mass is 759 g/mol. The Kier molecular flexibility index (Phi) is 22.2. The second-order valence-electron chi connectivity index (χ2n) is 11.4. The maximum atomic E-state index is 12.3. The average molecular weight is 760 g/mol. The molecule has 6 N–H and O–H groups in total. The number of carbonyl (C=O) groups is 5. The van der Waals surface area contributed by atoms with Crippen LogP contribution in [0.4, 0.5) is 0 Å². The van der Waals surface area contributed by atoms with E-state index in [1.54, 1.807) is 43.2 Å². The molecule has 46 heavy (non-hydrogen) atoms. The van der Waals surface area contributed by atoms with Crippen LogP contribution in [0, 0.1) is 0 Å². The first-order valence-electron chi connectivity index (χ1n) is 16.2. The molecule has 0 saturated carbocycles. The number of carbonyl (C=O) groups excluding carboxylic acids is 2. The largest absolute Gasteiger partial charge is 0.481 e. The predicted octanol–water partition coefficient (Wildman–Crippen LogP) is 7.28. The van der Waals surface area contributed by atoms with Crippen molar-refractivity contribution in [3.05, 3.63) is 0 Å². The van der Waals surface area contributed by atoms with E-state index in [-0.39, 0.29) is 44.9 Å². The highest BCUT2D eigenvalue weighted by atomic mass is 33.2. The fourth-order valence-electron chi connectivity index (χ4n) is 4.74. The highest BCUT2D eigenvalue weighted by molar-refractivity contribution is 9.14. The first-order chi connectivity index (χ1) is 22.1. The predicted molar refractivity (Wildman–Crippen MR) is 195 cm³/mol. The highest BCUT2D eigenvalue weighted by Gasteiger charge is 2.52. The van der Waals surface area contributed by atoms with Crippen molar-refractivity contribution >= 4 is 94.5 Å². The Bertz CT molecular complexity index is 952. The first-order valence-corrected chi connectivity index (χ1v) is 22.7. The molecule has 2 fully saturated rings. The molecule has 2 heterocycles. The molecule has 1 spiro atoms. The molecular formula is C29H49N3O8S6. The van der Waals surface area contributed by atoms with E-state index in [4.69, 9.17) is 5.11 Å². The number of carboxylic acids is 3. The van der Waals surface area contributed by atoms with E-state index in [1.165, 1.54) is 19.3 Å². The van der Waals surface area contributed by atoms with Crippen LogP contribution in [0.25, 0.3) is 0 Å². The summed E-state index contributed by atoms with van der Waals surface area (Å²) in [5.74, 6) is -3.38. The fraction of sp³-hybridized carbons (Fsp3) is 0.828. The molecule has 11 nitrogen and oxygen atoms in total. The van der Waals surface area contributed by atoms with Gasteiger partial charge in [-0.1, -0.05) is 85.8 Å². The van der Waals surface area contributed by atoms with Crippen molar-refractivity contribution in [3.63, 3.8) is 0 Å². The second-order valence-corrected chi connectivity index (χ2v) is 20.8. The Morgan fingerprint density at radius 1 is 0.565 bits per heavy atom. The molecular weight excluding hydrogens is 711 g/mol. The van der Waals surface area contributed by atoms with Crippen LogP contribution in [0.2, 0.25) is 0 Å². The Labute approximate surface area is 296 Å². The standard InChI is InChI=1S/C29H49N3O8S6/c33-23(30-20-14-13-15-21(26(37)38)32-28-41-43-29(44-42-28)45-46-29)19-18-22(27(39)40)31-24(34)16-11-9-7-5-3-1-2-4-6-8-10-12-17-25(35)36/h21-22,28,32H,1-20H2,(H,30,33)(H,31,34)(H,35,36)(H,37,38)(H,39,40)/t21-,22?/m0/s1. The van der Waals surface area contributed by atoms with Crippen LogP contribution in [-0.2, 0) is 24.0 Å². The maximum Gasteiger partial charge on any atom is 0.326 e. The van der Waals surface area contributed by atoms with Crippen LogP contribution < -0.4 is 16.0 Å². The van der Waals surface area contributed by atoms with Gasteiger partial charge in [-0.3, -0.25) is 24.5 Å². The lowest BCUT2D eigenvalue weighted by atomic mass is 10.0. The number of nitrogens with one attached hydrogen (secondary N) is 3. The van der Waals surface area contributed by atoms with Crippen molar-refractivity contribution in [1.82, 2.24) is 16.0 Å². The summed E-state index contributed by atoms with van der Waals surface area (Å²) in [6.07, 6.45) is 14.7. The van der Waals surface area contributed by atoms with Gasteiger partial charge in [-0.15, -0.1) is 0 Å². The topological polar surface area (TPSA) is 182 Å². The summed E-state index contributed by atoms with van der Waals surface area (Å²) in [4.78, 5) is 58.3. The number of amides is 2. The van der Waals surface area contributed by atoms with E-state index in [1.807, 2.05) is 21.6 Å². The summed E-state index contributed by atoms with van der Waals surface area (Å²) in [5.41, 5.74) is 0. The van der Waals surface area contributed by atoms with E-state index < -0.39 is 30.0 Å². The van der Waals surface area contributed by atoms with Crippen LogP contribution in [-0.4, -0.2) is 71.1 Å². The van der Waals surface area contributed by atoms with E-state index in [9.17, 15) is 34.2 Å². The number of hydrogen-bond acceptors (Lipinski definition) is 12. The highest BCUT2D eigenvalue weighted by Crippen LogP contribution is 2.83. The molecule has 17 heteroatoms. The van der Waals surface area contributed by atoms with Gasteiger partial charge in [-0.2, -0.15) is 0 Å². The number of rotatable bonds is 28. The molecule has 0 aromatic heterocycles. The van der Waals surface area contributed by atoms with E-state index in [0.717, 1.165) is 51.4 Å². The minimum Gasteiger partial charge on any atom is -0.481 e. The third-order valence-corrected chi connectivity index (χ3v) is 20.8. The zero-order valence-corrected chi connectivity index (χ0v) is 31.1. The van der Waals surface area contributed by atoms with Crippen LogP contribution >= 0.6 is 64.8 Å². The minimum atomic E-state index is -1.16. The molecule has 0 aromatic rings. The molecule has 0 bridgehead atoms. The van der Waals surface area contributed by atoms with Gasteiger partial charge in [0, 0.05) is 25.8 Å². The van der Waals surface area contributed by atoms with Gasteiger partial charge >= 0.3 is 17.9 Å². The minimum absolute atomic E-state index is 0.00158. The normalized spacial score (nSPS) is 16.9. The summed E-state index contributed by atoms with van der Waals surface area (Å²) in [6, 6.07) is -1.77. The molecule has 264 valence electrons. The Morgan fingerprint density at radius 3 is 1.59 bits per heavy atom. The molecule has 2 atom stereocenters. The zero-order chi connectivity index (χ0) is 33.6. The number of aliphatic carboxylic acids is 3. The molecule has 0 radical (unpaired) electrons.